The van der Waals surface area contributed by atoms with Gasteiger partial charge in [0.2, 0.25) is 0 Å². The predicted molar refractivity (Wildman–Crippen MR) is 45.6 cm³/mol. The first-order valence-electron chi connectivity index (χ1n) is 4.55. The van der Waals surface area contributed by atoms with Gasteiger partial charge in [0.05, 0.1) is 17.9 Å². The molecular formula is C10H11NO2. The maximum atomic E-state index is 10.9. The van der Waals surface area contributed by atoms with E-state index >= 15 is 0 Å². The van der Waals surface area contributed by atoms with Gasteiger partial charge in [0.25, 0.3) is 0 Å². The Hall–Kier alpha value is -1.30. The Bertz CT molecular complexity index is 303. The Balaban J connectivity index is 2.32. The molecule has 3 heteroatoms. The molecule has 1 N–H and O–H groups in total. The van der Waals surface area contributed by atoms with Crippen LogP contribution in [-0.2, 0) is 4.79 Å². The molecule has 0 heterocycles. The minimum Gasteiger partial charge on any atom is -0.481 e. The fourth-order valence-corrected chi connectivity index (χ4v) is 2.51. The number of allylic oxidation sites excluding steroid dienone is 2. The molecule has 0 aromatic heterocycles. The summed E-state index contributed by atoms with van der Waals surface area (Å²) in [6.07, 6.45) is 5.89. The van der Waals surface area contributed by atoms with E-state index in [1.165, 1.54) is 0 Å². The van der Waals surface area contributed by atoms with E-state index < -0.39 is 11.9 Å². The monoisotopic (exact) mass is 177 g/mol. The van der Waals surface area contributed by atoms with E-state index in [9.17, 15) is 4.79 Å². The van der Waals surface area contributed by atoms with Crippen LogP contribution in [0.2, 0.25) is 0 Å². The van der Waals surface area contributed by atoms with Crippen molar-refractivity contribution in [1.29, 1.82) is 5.26 Å². The van der Waals surface area contributed by atoms with Crippen LogP contribution >= 0.6 is 0 Å². The van der Waals surface area contributed by atoms with Crippen molar-refractivity contribution in [2.75, 3.05) is 0 Å². The standard InChI is InChI=1S/C10H11NO2/c11-5-8-6-1-3-7(4-2-6)9(8)10(12)13/h1,3,6-9H,2,4H2,(H,12,13)/t6-,7+,8+,9+/m0/s1. The molecule has 4 atom stereocenters. The van der Waals surface area contributed by atoms with Crippen molar-refractivity contribution in [2.24, 2.45) is 23.7 Å². The number of nitriles is 1. The zero-order valence-electron chi connectivity index (χ0n) is 7.18. The van der Waals surface area contributed by atoms with Crippen LogP contribution in [-0.4, -0.2) is 11.1 Å². The molecule has 0 aliphatic heterocycles. The van der Waals surface area contributed by atoms with Gasteiger partial charge in [-0.15, -0.1) is 0 Å². The predicted octanol–water partition coefficient (Wildman–Crippen LogP) is 1.42. The second kappa shape index (κ2) is 2.88. The van der Waals surface area contributed by atoms with Gasteiger partial charge < -0.3 is 5.11 Å². The molecule has 1 saturated carbocycles. The zero-order valence-corrected chi connectivity index (χ0v) is 7.18. The minimum absolute atomic E-state index is 0.0900. The van der Waals surface area contributed by atoms with E-state index in [4.69, 9.17) is 10.4 Å². The summed E-state index contributed by atoms with van der Waals surface area (Å²) in [4.78, 5) is 10.9. The molecule has 68 valence electrons. The number of hydrogen-bond donors (Lipinski definition) is 1. The van der Waals surface area contributed by atoms with Crippen LogP contribution < -0.4 is 0 Å². The maximum Gasteiger partial charge on any atom is 0.308 e. The first-order valence-corrected chi connectivity index (χ1v) is 4.55. The van der Waals surface area contributed by atoms with Gasteiger partial charge in [-0.2, -0.15) is 5.26 Å². The number of carboxylic acids is 1. The van der Waals surface area contributed by atoms with Gasteiger partial charge in [0, 0.05) is 0 Å². The number of rotatable bonds is 1. The second-order valence-corrected chi connectivity index (χ2v) is 3.81. The molecule has 0 saturated heterocycles. The molecule has 13 heavy (non-hydrogen) atoms. The topological polar surface area (TPSA) is 61.1 Å². The lowest BCUT2D eigenvalue weighted by molar-refractivity contribution is -0.146. The fourth-order valence-electron chi connectivity index (χ4n) is 2.51. The number of hydrogen-bond acceptors (Lipinski definition) is 2. The Morgan fingerprint density at radius 2 is 2.00 bits per heavy atom. The molecule has 0 amide bonds. The van der Waals surface area contributed by atoms with Gasteiger partial charge in [-0.1, -0.05) is 12.2 Å². The quantitative estimate of drug-likeness (QED) is 0.616. The molecule has 1 fully saturated rings. The van der Waals surface area contributed by atoms with Crippen LogP contribution in [0.4, 0.5) is 0 Å². The molecule has 2 bridgehead atoms. The number of nitrogens with zero attached hydrogens (tertiary/aromatic N) is 1. The van der Waals surface area contributed by atoms with Crippen LogP contribution in [0.3, 0.4) is 0 Å². The van der Waals surface area contributed by atoms with Crippen molar-refractivity contribution in [2.45, 2.75) is 12.8 Å². The Morgan fingerprint density at radius 3 is 2.38 bits per heavy atom. The molecule has 3 nitrogen and oxygen atoms in total. The molecule has 3 rings (SSSR count). The third kappa shape index (κ3) is 1.14. The summed E-state index contributed by atoms with van der Waals surface area (Å²) < 4.78 is 0. The van der Waals surface area contributed by atoms with Crippen LogP contribution in [0.1, 0.15) is 12.8 Å². The van der Waals surface area contributed by atoms with E-state index in [1.54, 1.807) is 0 Å². The third-order valence-electron chi connectivity index (χ3n) is 3.18. The zero-order chi connectivity index (χ0) is 9.42. The molecular weight excluding hydrogens is 166 g/mol. The van der Waals surface area contributed by atoms with Crippen LogP contribution in [0, 0.1) is 35.0 Å². The van der Waals surface area contributed by atoms with Gasteiger partial charge in [-0.05, 0) is 24.7 Å². The summed E-state index contributed by atoms with van der Waals surface area (Å²) in [6.45, 7) is 0. The normalized spacial score (nSPS) is 41.5. The lowest BCUT2D eigenvalue weighted by atomic mass is 9.63. The highest BCUT2D eigenvalue weighted by atomic mass is 16.4. The highest BCUT2D eigenvalue weighted by Crippen LogP contribution is 2.44. The van der Waals surface area contributed by atoms with Crippen molar-refractivity contribution >= 4 is 5.97 Å². The summed E-state index contributed by atoms with van der Waals surface area (Å²) in [5.41, 5.74) is 0. The molecule has 0 aromatic carbocycles. The molecule has 0 unspecified atom stereocenters. The van der Waals surface area contributed by atoms with Crippen molar-refractivity contribution in [3.05, 3.63) is 12.2 Å². The minimum atomic E-state index is -0.814. The van der Waals surface area contributed by atoms with Crippen molar-refractivity contribution in [3.63, 3.8) is 0 Å². The number of carbonyl (C=O) groups is 1. The summed E-state index contributed by atoms with van der Waals surface area (Å²) in [6, 6.07) is 2.13. The highest BCUT2D eigenvalue weighted by molar-refractivity contribution is 5.72. The molecule has 0 radical (unpaired) electrons. The van der Waals surface area contributed by atoms with Gasteiger partial charge in [-0.25, -0.2) is 0 Å². The van der Waals surface area contributed by atoms with Gasteiger partial charge in [0.1, 0.15) is 0 Å². The van der Waals surface area contributed by atoms with Gasteiger partial charge >= 0.3 is 5.97 Å². The van der Waals surface area contributed by atoms with E-state index in [0.717, 1.165) is 12.8 Å². The molecule has 0 spiro atoms. The van der Waals surface area contributed by atoms with E-state index in [2.05, 4.69) is 6.07 Å². The largest absolute Gasteiger partial charge is 0.481 e. The third-order valence-corrected chi connectivity index (χ3v) is 3.18. The highest BCUT2D eigenvalue weighted by Gasteiger charge is 2.44. The van der Waals surface area contributed by atoms with Crippen LogP contribution in [0.5, 0.6) is 0 Å². The van der Waals surface area contributed by atoms with Gasteiger partial charge in [0.15, 0.2) is 0 Å². The Morgan fingerprint density at radius 1 is 1.38 bits per heavy atom. The first-order chi connectivity index (χ1) is 6.24. The molecule has 0 aromatic rings. The number of carboxylic acid groups (broad SMARTS) is 1. The smallest absolute Gasteiger partial charge is 0.308 e. The Kier molecular flexibility index (Phi) is 1.84. The van der Waals surface area contributed by atoms with Gasteiger partial charge in [-0.3, -0.25) is 4.79 Å². The second-order valence-electron chi connectivity index (χ2n) is 3.81. The average Bonchev–Trinajstić information content (AvgIpc) is 2.17. The van der Waals surface area contributed by atoms with Crippen LogP contribution in [0.25, 0.3) is 0 Å². The lowest BCUT2D eigenvalue weighted by Gasteiger charge is -2.39. The summed E-state index contributed by atoms with van der Waals surface area (Å²) >= 11 is 0. The number of fused-ring (bicyclic) bond motifs is 2. The van der Waals surface area contributed by atoms with Crippen molar-refractivity contribution in [3.8, 4) is 6.07 Å². The van der Waals surface area contributed by atoms with Crippen molar-refractivity contribution in [1.82, 2.24) is 0 Å². The summed E-state index contributed by atoms with van der Waals surface area (Å²) in [5.74, 6) is -1.32. The van der Waals surface area contributed by atoms with Crippen molar-refractivity contribution < 1.29 is 9.90 Å². The first kappa shape index (κ1) is 8.31. The lowest BCUT2D eigenvalue weighted by Crippen LogP contribution is -2.40. The molecule has 3 aliphatic rings. The SMILES string of the molecule is N#C[C@H]1[C@H](C(=O)O)[C@@H]2C=C[C@H]1CC2. The fraction of sp³-hybridized carbons (Fsp3) is 0.600. The van der Waals surface area contributed by atoms with Crippen LogP contribution in [0.15, 0.2) is 12.2 Å². The van der Waals surface area contributed by atoms with E-state index in [1.807, 2.05) is 12.2 Å². The summed E-state index contributed by atoms with van der Waals surface area (Å²) in [7, 11) is 0. The van der Waals surface area contributed by atoms with E-state index in [0.29, 0.717) is 0 Å². The molecule has 3 aliphatic carbocycles. The summed E-state index contributed by atoms with van der Waals surface area (Å²) in [5, 5.41) is 17.9. The number of aliphatic carboxylic acids is 1. The Labute approximate surface area is 76.7 Å². The average molecular weight is 177 g/mol. The van der Waals surface area contributed by atoms with E-state index in [-0.39, 0.29) is 17.8 Å². The maximum absolute atomic E-state index is 10.9.